The Balaban J connectivity index is 0.000000459. The lowest BCUT2D eigenvalue weighted by Crippen LogP contribution is -2.37. The number of carbonyl (C=O) groups excluding carboxylic acids is 5. The molecule has 4 amide bonds. The van der Waals surface area contributed by atoms with E-state index in [0.717, 1.165) is 38.5 Å². The quantitative estimate of drug-likeness (QED) is 0.0339. The van der Waals surface area contributed by atoms with Gasteiger partial charge in [-0.25, -0.2) is 0 Å². The minimum atomic E-state index is -1.62. The van der Waals surface area contributed by atoms with Gasteiger partial charge in [-0.2, -0.15) is 0 Å². The zero-order chi connectivity index (χ0) is 54.9. The first-order valence-electron chi connectivity index (χ1n) is 23.5. The number of carbonyl (C=O) groups is 5. The number of ketones is 1. The van der Waals surface area contributed by atoms with Gasteiger partial charge in [0.05, 0.1) is 0 Å². The molecule has 0 bridgehead atoms. The maximum atomic E-state index is 11.7. The van der Waals surface area contributed by atoms with E-state index >= 15 is 0 Å². The third-order valence-corrected chi connectivity index (χ3v) is 9.98. The molecule has 0 aliphatic carbocycles. The number of unbranched alkanes of at least 4 members (excludes halogenated alkanes) is 4. The molecule has 5 aromatic carbocycles. The Morgan fingerprint density at radius 3 is 1.47 bits per heavy atom. The molecule has 24 heteroatoms. The van der Waals surface area contributed by atoms with Crippen LogP contribution in [0, 0.1) is 0 Å². The Hall–Kier alpha value is -6.43. The molecule has 0 unspecified atom stereocenters. The topological polar surface area (TPSA) is 336 Å². The molecule has 0 radical (unpaired) electrons. The second kappa shape index (κ2) is 36.5. The number of rotatable bonds is 19. The summed E-state index contributed by atoms with van der Waals surface area (Å²) in [5.74, 6) is -0.729. The highest BCUT2D eigenvalue weighted by atomic mass is 16.4. The van der Waals surface area contributed by atoms with E-state index in [-0.39, 0.29) is 46.9 Å². The zero-order valence-electron chi connectivity index (χ0n) is 41.8. The first kappa shape index (κ1) is 64.6. The van der Waals surface area contributed by atoms with Crippen molar-refractivity contribution in [2.45, 2.75) is 79.1 Å². The van der Waals surface area contributed by atoms with Crippen LogP contribution in [0.3, 0.4) is 0 Å². The second-order valence-electron chi connectivity index (χ2n) is 16.1. The third kappa shape index (κ3) is 27.3. The van der Waals surface area contributed by atoms with Gasteiger partial charge in [0.1, 0.15) is 5.78 Å². The summed E-state index contributed by atoms with van der Waals surface area (Å²) in [5, 5.41) is 99.9. The van der Waals surface area contributed by atoms with Gasteiger partial charge in [-0.3, -0.25) is 24.0 Å². The van der Waals surface area contributed by atoms with Gasteiger partial charge in [0, 0.05) is 55.9 Å². The Bertz CT molecular complexity index is 2450. The molecule has 73 heavy (non-hydrogen) atoms. The Labute approximate surface area is 428 Å². The van der Waals surface area contributed by atoms with Crippen molar-refractivity contribution in [2.75, 3.05) is 24.2 Å². The van der Waals surface area contributed by atoms with E-state index in [2.05, 4.69) is 35.1 Å². The summed E-state index contributed by atoms with van der Waals surface area (Å²) in [6.45, 7) is 7.71. The van der Waals surface area contributed by atoms with Crippen molar-refractivity contribution in [3.8, 4) is 0 Å². The molecule has 0 aliphatic heterocycles. The van der Waals surface area contributed by atoms with Crippen LogP contribution >= 0.6 is 0 Å². The summed E-state index contributed by atoms with van der Waals surface area (Å²) >= 11 is 0. The number of hydrogen-bond donors (Lipinski definition) is 14. The first-order valence-corrected chi connectivity index (χ1v) is 23.5. The van der Waals surface area contributed by atoms with Crippen LogP contribution in [0.4, 0.5) is 11.4 Å². The molecule has 0 saturated heterocycles. The Morgan fingerprint density at radius 2 is 0.973 bits per heavy atom. The Kier molecular flexibility index (Phi) is 32.3. The molecule has 0 saturated carbocycles. The normalized spacial score (nSPS) is 9.79. The summed E-state index contributed by atoms with van der Waals surface area (Å²) in [4.78, 5) is 55.9. The number of Topliss-reactive ketones (excluding diaryl/α,β-unsaturated/α-hetero) is 1. The van der Waals surface area contributed by atoms with Crippen LogP contribution in [0.25, 0.3) is 0 Å². The van der Waals surface area contributed by atoms with Crippen molar-refractivity contribution in [2.24, 2.45) is 0 Å². The molecule has 19 nitrogen and oxygen atoms in total. The average Bonchev–Trinajstić information content (AvgIpc) is 3.35. The van der Waals surface area contributed by atoms with Crippen LogP contribution in [0.5, 0.6) is 0 Å². The summed E-state index contributed by atoms with van der Waals surface area (Å²) in [6, 6.07) is 32.4. The highest BCUT2D eigenvalue weighted by molar-refractivity contribution is 6.61. The molecular formula is C49H67B5N4O15. The minimum absolute atomic E-state index is 0.00750. The monoisotopic (exact) mass is 1010 g/mol. The van der Waals surface area contributed by atoms with Gasteiger partial charge in [0.2, 0.25) is 11.8 Å². The lowest BCUT2D eigenvalue weighted by Gasteiger charge is -2.06. The molecule has 0 aliphatic rings. The van der Waals surface area contributed by atoms with Gasteiger partial charge in [-0.15, -0.1) is 0 Å². The summed E-state index contributed by atoms with van der Waals surface area (Å²) in [7, 11) is -6.18. The van der Waals surface area contributed by atoms with Crippen molar-refractivity contribution >= 4 is 104 Å². The van der Waals surface area contributed by atoms with Crippen molar-refractivity contribution in [3.63, 3.8) is 0 Å². The van der Waals surface area contributed by atoms with Gasteiger partial charge >= 0.3 is 35.6 Å². The van der Waals surface area contributed by atoms with E-state index in [1.165, 1.54) is 45.2 Å². The SMILES string of the molecule is CC(=O)Cc1ccccc1B(O)O.CC(=O)Nc1cccc(B(O)O)c1.CCCCCC(=O)Nc1cccc(B(O)O)c1.CCCCCNC(=O)c1cccc(B(O)O)c1.CNC(=O)c1ccccc1B(O)O. The standard InChI is InChI=1S/2C12H18BNO3.C9H11BO3.2C8H10BNO3/c1-2-3-4-8-14-12(15)10-6-5-7-11(9-10)13(16)17;1-2-3-4-8-12(15)14-11-7-5-6-10(9-11)13(16)17;1-7(11)6-8-4-2-3-5-9(8)10(12)13;1-6(11)10-8-4-2-3-7(5-8)9(12)13;1-10-8(11)6-4-2-3-5-7(6)9(12)13/h2*5-7,9,16-17H,2-4,8H2,1H3,(H,14,15);2-5,12-13H,6H2,1H3;2*2-5,12-13H,1H3,(H,10,11). The van der Waals surface area contributed by atoms with Crippen LogP contribution in [-0.4, -0.2) is 129 Å². The zero-order valence-corrected chi connectivity index (χ0v) is 41.8. The van der Waals surface area contributed by atoms with E-state index in [1.54, 1.807) is 97.1 Å². The molecule has 0 fully saturated rings. The smallest absolute Gasteiger partial charge is 0.423 e. The second-order valence-corrected chi connectivity index (χ2v) is 16.1. The van der Waals surface area contributed by atoms with Crippen LogP contribution in [-0.2, 0) is 20.8 Å². The number of amides is 4. The fourth-order valence-electron chi connectivity index (χ4n) is 6.31. The average molecular weight is 1010 g/mol. The van der Waals surface area contributed by atoms with Crippen molar-refractivity contribution < 1.29 is 74.2 Å². The van der Waals surface area contributed by atoms with Crippen LogP contribution in [0.15, 0.2) is 121 Å². The lowest BCUT2D eigenvalue weighted by atomic mass is 9.76. The molecule has 388 valence electrons. The molecule has 14 N–H and O–H groups in total. The predicted octanol–water partition coefficient (Wildman–Crippen LogP) is -1.28. The lowest BCUT2D eigenvalue weighted by molar-refractivity contribution is -0.117. The van der Waals surface area contributed by atoms with Crippen LogP contribution in [0.1, 0.15) is 98.9 Å². The third-order valence-electron chi connectivity index (χ3n) is 9.98. The molecule has 5 rings (SSSR count). The number of anilines is 2. The summed E-state index contributed by atoms with van der Waals surface area (Å²) in [6.07, 6.45) is 6.92. The minimum Gasteiger partial charge on any atom is -0.423 e. The van der Waals surface area contributed by atoms with Gasteiger partial charge in [0.15, 0.2) is 0 Å². The highest BCUT2D eigenvalue weighted by Crippen LogP contribution is 2.08. The van der Waals surface area contributed by atoms with Crippen LogP contribution in [0.2, 0.25) is 0 Å². The van der Waals surface area contributed by atoms with E-state index in [1.807, 2.05) is 0 Å². The van der Waals surface area contributed by atoms with E-state index in [9.17, 15) is 24.0 Å². The van der Waals surface area contributed by atoms with Gasteiger partial charge in [-0.1, -0.05) is 118 Å². The maximum absolute atomic E-state index is 11.7. The van der Waals surface area contributed by atoms with Crippen molar-refractivity contribution in [3.05, 3.63) is 138 Å². The number of hydrogen-bond acceptors (Lipinski definition) is 15. The van der Waals surface area contributed by atoms with Crippen molar-refractivity contribution in [1.82, 2.24) is 10.6 Å². The van der Waals surface area contributed by atoms with Crippen LogP contribution < -0.4 is 48.6 Å². The number of nitrogens with one attached hydrogen (secondary N) is 4. The highest BCUT2D eigenvalue weighted by Gasteiger charge is 2.19. The maximum Gasteiger partial charge on any atom is 0.489 e. The van der Waals surface area contributed by atoms with E-state index in [4.69, 9.17) is 50.2 Å². The molecule has 0 heterocycles. The molecular weight excluding hydrogens is 939 g/mol. The molecule has 0 atom stereocenters. The van der Waals surface area contributed by atoms with Crippen molar-refractivity contribution in [1.29, 1.82) is 0 Å². The summed E-state index contributed by atoms with van der Waals surface area (Å²) < 4.78 is 0. The fraction of sp³-hybridized carbons (Fsp3) is 0.286. The van der Waals surface area contributed by atoms with Gasteiger partial charge < -0.3 is 71.5 Å². The van der Waals surface area contributed by atoms with Gasteiger partial charge in [-0.05, 0) is 95.1 Å². The van der Waals surface area contributed by atoms with E-state index < -0.39 is 35.6 Å². The molecule has 0 spiro atoms. The molecule has 0 aromatic heterocycles. The Morgan fingerprint density at radius 1 is 0.493 bits per heavy atom. The predicted molar refractivity (Wildman–Crippen MR) is 288 cm³/mol. The summed E-state index contributed by atoms with van der Waals surface area (Å²) in [5.41, 5.74) is 4.21. The number of benzene rings is 5. The largest absolute Gasteiger partial charge is 0.489 e. The molecule has 5 aromatic rings. The van der Waals surface area contributed by atoms with E-state index in [0.29, 0.717) is 57.3 Å². The fourth-order valence-corrected chi connectivity index (χ4v) is 6.31. The van der Waals surface area contributed by atoms with Gasteiger partial charge in [0.25, 0.3) is 11.8 Å². The first-order chi connectivity index (χ1) is 34.6.